The standard InChI is InChI=1S/C36H39N3O3/c40-35(31-18-9-3-10-19-31)39(32-20-11-4-12-21-32)34-23-25-38(36(41)42)33(26-34)22-13-24-37(27-29-14-5-1-6-15-29)28-30-16-7-2-8-17-30/h1-12,14-21,33-34H,13,22-28H2,(H,41,42). The zero-order chi connectivity index (χ0) is 29.1. The third kappa shape index (κ3) is 7.65. The molecule has 42 heavy (non-hydrogen) atoms. The summed E-state index contributed by atoms with van der Waals surface area (Å²) in [7, 11) is 0. The van der Waals surface area contributed by atoms with Crippen molar-refractivity contribution in [3.63, 3.8) is 0 Å². The van der Waals surface area contributed by atoms with Gasteiger partial charge in [-0.15, -0.1) is 0 Å². The highest BCUT2D eigenvalue weighted by Crippen LogP contribution is 2.30. The second-order valence-electron chi connectivity index (χ2n) is 11.0. The Labute approximate surface area is 248 Å². The van der Waals surface area contributed by atoms with E-state index >= 15 is 0 Å². The number of rotatable bonds is 11. The van der Waals surface area contributed by atoms with Crippen molar-refractivity contribution in [3.8, 4) is 0 Å². The monoisotopic (exact) mass is 561 g/mol. The first-order valence-electron chi connectivity index (χ1n) is 14.8. The minimum Gasteiger partial charge on any atom is -0.465 e. The van der Waals surface area contributed by atoms with Gasteiger partial charge in [0.1, 0.15) is 0 Å². The maximum Gasteiger partial charge on any atom is 0.407 e. The predicted molar refractivity (Wildman–Crippen MR) is 167 cm³/mol. The molecule has 0 saturated carbocycles. The summed E-state index contributed by atoms with van der Waals surface area (Å²) in [4.78, 5) is 32.0. The highest BCUT2D eigenvalue weighted by molar-refractivity contribution is 6.06. The normalized spacial score (nSPS) is 16.7. The van der Waals surface area contributed by atoms with E-state index in [2.05, 4.69) is 53.4 Å². The number of nitrogens with zero attached hydrogens (tertiary/aromatic N) is 3. The maximum atomic E-state index is 13.8. The largest absolute Gasteiger partial charge is 0.465 e. The van der Waals surface area contributed by atoms with Gasteiger partial charge in [-0.3, -0.25) is 9.69 Å². The molecule has 0 aromatic heterocycles. The fourth-order valence-electron chi connectivity index (χ4n) is 6.04. The first kappa shape index (κ1) is 29.1. The summed E-state index contributed by atoms with van der Waals surface area (Å²) in [6, 6.07) is 39.8. The van der Waals surface area contributed by atoms with Crippen LogP contribution in [-0.4, -0.2) is 52.1 Å². The van der Waals surface area contributed by atoms with Crippen LogP contribution in [0.25, 0.3) is 0 Å². The van der Waals surface area contributed by atoms with Crippen molar-refractivity contribution in [2.75, 3.05) is 18.0 Å². The molecule has 1 aliphatic heterocycles. The van der Waals surface area contributed by atoms with Gasteiger partial charge in [0, 0.05) is 43.0 Å². The molecule has 2 atom stereocenters. The van der Waals surface area contributed by atoms with Crippen LogP contribution in [0.3, 0.4) is 0 Å². The number of carboxylic acid groups (broad SMARTS) is 1. The zero-order valence-electron chi connectivity index (χ0n) is 24.0. The van der Waals surface area contributed by atoms with Gasteiger partial charge in [0.15, 0.2) is 0 Å². The summed E-state index contributed by atoms with van der Waals surface area (Å²) >= 11 is 0. The predicted octanol–water partition coefficient (Wildman–Crippen LogP) is 7.33. The first-order valence-corrected chi connectivity index (χ1v) is 14.8. The van der Waals surface area contributed by atoms with Crippen LogP contribution in [0.1, 0.15) is 47.2 Å². The van der Waals surface area contributed by atoms with Gasteiger partial charge in [-0.05, 0) is 67.6 Å². The molecule has 2 unspecified atom stereocenters. The molecule has 0 radical (unpaired) electrons. The lowest BCUT2D eigenvalue weighted by Crippen LogP contribution is -2.53. The number of carbonyl (C=O) groups is 2. The molecule has 5 rings (SSSR count). The molecule has 1 saturated heterocycles. The third-order valence-electron chi connectivity index (χ3n) is 8.08. The average Bonchev–Trinajstić information content (AvgIpc) is 3.03. The molecular formula is C36H39N3O3. The van der Waals surface area contributed by atoms with E-state index < -0.39 is 6.09 Å². The fraction of sp³-hybridized carbons (Fsp3) is 0.278. The molecule has 2 amide bonds. The van der Waals surface area contributed by atoms with E-state index in [0.717, 1.165) is 38.2 Å². The van der Waals surface area contributed by atoms with Crippen LogP contribution in [0.2, 0.25) is 0 Å². The smallest absolute Gasteiger partial charge is 0.407 e. The molecule has 0 spiro atoms. The molecule has 0 bridgehead atoms. The first-order chi connectivity index (χ1) is 20.6. The van der Waals surface area contributed by atoms with Crippen LogP contribution in [0.15, 0.2) is 121 Å². The van der Waals surface area contributed by atoms with E-state index in [1.54, 1.807) is 4.90 Å². The number of para-hydroxylation sites is 1. The van der Waals surface area contributed by atoms with E-state index in [1.165, 1.54) is 11.1 Å². The van der Waals surface area contributed by atoms with Crippen molar-refractivity contribution in [1.29, 1.82) is 0 Å². The molecule has 0 aliphatic carbocycles. The zero-order valence-corrected chi connectivity index (χ0v) is 24.0. The van der Waals surface area contributed by atoms with Gasteiger partial charge < -0.3 is 14.9 Å². The Hall–Kier alpha value is -4.42. The molecule has 4 aromatic rings. The van der Waals surface area contributed by atoms with Gasteiger partial charge in [-0.2, -0.15) is 0 Å². The van der Waals surface area contributed by atoms with Crippen molar-refractivity contribution >= 4 is 17.7 Å². The molecule has 1 aliphatic rings. The Kier molecular flexibility index (Phi) is 10.0. The van der Waals surface area contributed by atoms with E-state index in [4.69, 9.17) is 0 Å². The van der Waals surface area contributed by atoms with E-state index in [1.807, 2.05) is 77.7 Å². The minimum atomic E-state index is -0.885. The molecule has 216 valence electrons. The van der Waals surface area contributed by atoms with Gasteiger partial charge in [-0.1, -0.05) is 97.1 Å². The van der Waals surface area contributed by atoms with Crippen molar-refractivity contribution in [2.24, 2.45) is 0 Å². The fourth-order valence-corrected chi connectivity index (χ4v) is 6.04. The Morgan fingerprint density at radius 1 is 0.738 bits per heavy atom. The minimum absolute atomic E-state index is 0.0498. The quantitative estimate of drug-likeness (QED) is 0.208. The topological polar surface area (TPSA) is 64.1 Å². The van der Waals surface area contributed by atoms with Crippen molar-refractivity contribution < 1.29 is 14.7 Å². The van der Waals surface area contributed by atoms with E-state index in [-0.39, 0.29) is 18.0 Å². The van der Waals surface area contributed by atoms with Crippen LogP contribution in [0.4, 0.5) is 10.5 Å². The summed E-state index contributed by atoms with van der Waals surface area (Å²) in [6.07, 6.45) is 1.93. The molecule has 1 N–H and O–H groups in total. The Balaban J connectivity index is 1.31. The van der Waals surface area contributed by atoms with Gasteiger partial charge >= 0.3 is 6.09 Å². The summed E-state index contributed by atoms with van der Waals surface area (Å²) in [5.74, 6) is -0.0498. The highest BCUT2D eigenvalue weighted by Gasteiger charge is 2.36. The average molecular weight is 562 g/mol. The van der Waals surface area contributed by atoms with Crippen LogP contribution in [0, 0.1) is 0 Å². The summed E-state index contributed by atoms with van der Waals surface area (Å²) in [5.41, 5.74) is 4.00. The number of hydrogen-bond acceptors (Lipinski definition) is 3. The van der Waals surface area contributed by atoms with E-state index in [9.17, 15) is 14.7 Å². The van der Waals surface area contributed by atoms with Crippen LogP contribution >= 0.6 is 0 Å². The summed E-state index contributed by atoms with van der Waals surface area (Å²) < 4.78 is 0. The van der Waals surface area contributed by atoms with E-state index in [0.29, 0.717) is 24.9 Å². The Morgan fingerprint density at radius 2 is 1.26 bits per heavy atom. The van der Waals surface area contributed by atoms with Gasteiger partial charge in [0.2, 0.25) is 0 Å². The number of hydrogen-bond donors (Lipinski definition) is 1. The van der Waals surface area contributed by atoms with Gasteiger partial charge in [0.25, 0.3) is 5.91 Å². The second kappa shape index (κ2) is 14.5. The molecule has 6 nitrogen and oxygen atoms in total. The number of carbonyl (C=O) groups excluding carboxylic acids is 1. The Bertz CT molecular complexity index is 1360. The lowest BCUT2D eigenvalue weighted by Gasteiger charge is -2.42. The molecule has 6 heteroatoms. The lowest BCUT2D eigenvalue weighted by molar-refractivity contribution is 0.0863. The summed E-state index contributed by atoms with van der Waals surface area (Å²) in [6.45, 7) is 2.93. The third-order valence-corrected chi connectivity index (χ3v) is 8.08. The highest BCUT2D eigenvalue weighted by atomic mass is 16.4. The van der Waals surface area contributed by atoms with Crippen LogP contribution in [-0.2, 0) is 13.1 Å². The molecule has 1 fully saturated rings. The van der Waals surface area contributed by atoms with Crippen LogP contribution in [0.5, 0.6) is 0 Å². The molecular weight excluding hydrogens is 522 g/mol. The summed E-state index contributed by atoms with van der Waals surface area (Å²) in [5, 5.41) is 10.1. The van der Waals surface area contributed by atoms with Crippen molar-refractivity contribution in [2.45, 2.75) is 50.9 Å². The SMILES string of the molecule is O=C(O)N1CCC(N(C(=O)c2ccccc2)c2ccccc2)CC1CCCN(Cc1ccccc1)Cc1ccccc1. The van der Waals surface area contributed by atoms with Gasteiger partial charge in [-0.25, -0.2) is 4.79 Å². The van der Waals surface area contributed by atoms with Crippen molar-refractivity contribution in [3.05, 3.63) is 138 Å². The Morgan fingerprint density at radius 3 is 1.81 bits per heavy atom. The van der Waals surface area contributed by atoms with Crippen molar-refractivity contribution in [1.82, 2.24) is 9.80 Å². The maximum absolute atomic E-state index is 13.8. The second-order valence-corrected chi connectivity index (χ2v) is 11.0. The van der Waals surface area contributed by atoms with Gasteiger partial charge in [0.05, 0.1) is 0 Å². The van der Waals surface area contributed by atoms with Crippen LogP contribution < -0.4 is 4.90 Å². The lowest BCUT2D eigenvalue weighted by atomic mass is 9.92. The molecule has 4 aromatic carbocycles. The number of likely N-dealkylation sites (tertiary alicyclic amines) is 1. The number of piperidine rings is 1. The number of anilines is 1. The number of benzene rings is 4. The number of amides is 2. The molecule has 1 heterocycles.